The van der Waals surface area contributed by atoms with Gasteiger partial charge in [0.1, 0.15) is 11.4 Å². The summed E-state index contributed by atoms with van der Waals surface area (Å²) < 4.78 is 10.8. The Balaban J connectivity index is 2.04. The second-order valence-electron chi connectivity index (χ2n) is 7.89. The monoisotopic (exact) mass is 367 g/mol. The molecule has 27 heavy (non-hydrogen) atoms. The highest BCUT2D eigenvalue weighted by Gasteiger charge is 2.64. The number of ether oxygens (including phenoxy) is 2. The lowest BCUT2D eigenvalue weighted by Gasteiger charge is -2.53. The largest absolute Gasteiger partial charge is 0.497 e. The number of carbonyl (C=O) groups is 2. The van der Waals surface area contributed by atoms with Gasteiger partial charge in [0.15, 0.2) is 5.41 Å². The van der Waals surface area contributed by atoms with Crippen molar-refractivity contribution in [2.45, 2.75) is 39.3 Å². The Morgan fingerprint density at radius 3 is 2.15 bits per heavy atom. The van der Waals surface area contributed by atoms with Crippen LogP contribution in [0, 0.1) is 5.41 Å². The predicted octanol–water partition coefficient (Wildman–Crippen LogP) is 4.13. The van der Waals surface area contributed by atoms with Gasteiger partial charge < -0.3 is 14.4 Å². The van der Waals surface area contributed by atoms with Crippen LogP contribution in [0.1, 0.15) is 39.3 Å². The number of para-hydroxylation sites is 1. The van der Waals surface area contributed by atoms with Crippen LogP contribution in [0.15, 0.2) is 54.6 Å². The van der Waals surface area contributed by atoms with Gasteiger partial charge in [-0.2, -0.15) is 0 Å². The van der Waals surface area contributed by atoms with Gasteiger partial charge in [-0.25, -0.2) is 0 Å². The molecule has 0 spiro atoms. The van der Waals surface area contributed by atoms with Crippen LogP contribution in [0.4, 0.5) is 5.69 Å². The number of hydrogen-bond acceptors (Lipinski definition) is 4. The minimum atomic E-state index is -1.28. The van der Waals surface area contributed by atoms with Crippen LogP contribution >= 0.6 is 0 Å². The molecule has 0 radical (unpaired) electrons. The van der Waals surface area contributed by atoms with Gasteiger partial charge in [0.25, 0.3) is 0 Å². The fraction of sp³-hybridized carbons (Fsp3) is 0.364. The maximum atomic E-state index is 13.1. The molecule has 5 nitrogen and oxygen atoms in total. The standard InChI is InChI=1S/C22H25NO4/c1-21(2,3)27-20(25)22(4)18(15-11-13-17(26-5)14-12-15)23(19(22)24)16-9-7-6-8-10-16/h6-14,18H,1-5H3/t18-,22+/m1/s1. The van der Waals surface area contributed by atoms with E-state index in [1.54, 1.807) is 39.7 Å². The molecule has 1 amide bonds. The minimum Gasteiger partial charge on any atom is -0.497 e. The SMILES string of the molecule is COc1ccc([C@H]2N(c3ccccc3)C(=O)[C@@]2(C)C(=O)OC(C)(C)C)cc1. The molecule has 142 valence electrons. The molecule has 0 N–H and O–H groups in total. The molecular formula is C22H25NO4. The normalized spacial score (nSPS) is 22.2. The number of esters is 1. The Bertz CT molecular complexity index is 839. The van der Waals surface area contributed by atoms with Gasteiger partial charge in [0.2, 0.25) is 5.91 Å². The van der Waals surface area contributed by atoms with Gasteiger partial charge in [-0.3, -0.25) is 9.59 Å². The fourth-order valence-electron chi connectivity index (χ4n) is 3.38. The number of amides is 1. The number of β-lactam (4-membered cyclic amide) rings is 1. The van der Waals surface area contributed by atoms with Crippen molar-refractivity contribution in [3.05, 3.63) is 60.2 Å². The molecule has 5 heteroatoms. The number of rotatable bonds is 4. The predicted molar refractivity (Wildman–Crippen MR) is 104 cm³/mol. The van der Waals surface area contributed by atoms with Crippen LogP contribution in [-0.4, -0.2) is 24.6 Å². The van der Waals surface area contributed by atoms with E-state index in [0.29, 0.717) is 0 Å². The van der Waals surface area contributed by atoms with E-state index in [0.717, 1.165) is 17.0 Å². The van der Waals surface area contributed by atoms with E-state index in [1.165, 1.54) is 0 Å². The lowest BCUT2D eigenvalue weighted by Crippen LogP contribution is -2.66. The first-order valence-corrected chi connectivity index (χ1v) is 8.94. The highest BCUT2D eigenvalue weighted by Crippen LogP contribution is 2.53. The van der Waals surface area contributed by atoms with Crippen LogP contribution in [0.5, 0.6) is 5.75 Å². The van der Waals surface area contributed by atoms with Gasteiger partial charge >= 0.3 is 5.97 Å². The van der Waals surface area contributed by atoms with Crippen molar-refractivity contribution in [2.24, 2.45) is 5.41 Å². The molecule has 1 saturated heterocycles. The van der Waals surface area contributed by atoms with Crippen molar-refractivity contribution in [1.29, 1.82) is 0 Å². The van der Waals surface area contributed by atoms with Crippen LogP contribution in [0.2, 0.25) is 0 Å². The van der Waals surface area contributed by atoms with Crippen molar-refractivity contribution >= 4 is 17.6 Å². The summed E-state index contributed by atoms with van der Waals surface area (Å²) in [6.07, 6.45) is 0. The second-order valence-corrected chi connectivity index (χ2v) is 7.89. The number of hydrogen-bond donors (Lipinski definition) is 0. The van der Waals surface area contributed by atoms with Gasteiger partial charge in [0, 0.05) is 5.69 Å². The number of anilines is 1. The summed E-state index contributed by atoms with van der Waals surface area (Å²) >= 11 is 0. The van der Waals surface area contributed by atoms with Crippen LogP contribution in [-0.2, 0) is 14.3 Å². The quantitative estimate of drug-likeness (QED) is 0.463. The second kappa shape index (κ2) is 6.72. The maximum Gasteiger partial charge on any atom is 0.324 e. The molecule has 0 unspecified atom stereocenters. The van der Waals surface area contributed by atoms with Gasteiger partial charge in [-0.1, -0.05) is 30.3 Å². The average Bonchev–Trinajstić information content (AvgIpc) is 2.64. The molecule has 0 aliphatic carbocycles. The van der Waals surface area contributed by atoms with E-state index in [2.05, 4.69) is 0 Å². The average molecular weight is 367 g/mol. The number of methoxy groups -OCH3 is 1. The zero-order chi connectivity index (χ0) is 19.8. The third kappa shape index (κ3) is 3.29. The summed E-state index contributed by atoms with van der Waals surface area (Å²) in [6, 6.07) is 16.3. The van der Waals surface area contributed by atoms with Gasteiger partial charge in [-0.15, -0.1) is 0 Å². The Kier molecular flexibility index (Phi) is 4.72. The van der Waals surface area contributed by atoms with E-state index in [4.69, 9.17) is 9.47 Å². The molecular weight excluding hydrogens is 342 g/mol. The molecule has 1 aliphatic heterocycles. The van der Waals surface area contributed by atoms with Crippen molar-refractivity contribution in [3.8, 4) is 5.75 Å². The Labute approximate surface area is 159 Å². The Morgan fingerprint density at radius 2 is 1.63 bits per heavy atom. The van der Waals surface area contributed by atoms with Gasteiger partial charge in [-0.05, 0) is 57.5 Å². The molecule has 0 bridgehead atoms. The lowest BCUT2D eigenvalue weighted by atomic mass is 9.68. The number of benzene rings is 2. The summed E-state index contributed by atoms with van der Waals surface area (Å²) in [5.41, 5.74) is -0.340. The van der Waals surface area contributed by atoms with Crippen LogP contribution < -0.4 is 9.64 Å². The topological polar surface area (TPSA) is 55.8 Å². The summed E-state index contributed by atoms with van der Waals surface area (Å²) in [6.45, 7) is 7.07. The summed E-state index contributed by atoms with van der Waals surface area (Å²) in [5, 5.41) is 0. The number of carbonyl (C=O) groups excluding carboxylic acids is 2. The summed E-state index contributed by atoms with van der Waals surface area (Å²) in [5.74, 6) is -0.0496. The Morgan fingerprint density at radius 1 is 1.04 bits per heavy atom. The molecule has 1 fully saturated rings. The van der Waals surface area contributed by atoms with E-state index < -0.39 is 23.0 Å². The van der Waals surface area contributed by atoms with Gasteiger partial charge in [0.05, 0.1) is 13.2 Å². The van der Waals surface area contributed by atoms with Crippen LogP contribution in [0.3, 0.4) is 0 Å². The maximum absolute atomic E-state index is 13.1. The fourth-order valence-corrected chi connectivity index (χ4v) is 3.38. The van der Waals surface area contributed by atoms with Crippen molar-refractivity contribution in [3.63, 3.8) is 0 Å². The third-order valence-corrected chi connectivity index (χ3v) is 4.76. The molecule has 2 atom stereocenters. The molecule has 1 heterocycles. The van der Waals surface area contributed by atoms with Crippen molar-refractivity contribution in [2.75, 3.05) is 12.0 Å². The molecule has 2 aromatic carbocycles. The highest BCUT2D eigenvalue weighted by atomic mass is 16.6. The zero-order valence-corrected chi connectivity index (χ0v) is 16.4. The third-order valence-electron chi connectivity index (χ3n) is 4.76. The van der Waals surface area contributed by atoms with Crippen molar-refractivity contribution < 1.29 is 19.1 Å². The molecule has 2 aromatic rings. The lowest BCUT2D eigenvalue weighted by molar-refractivity contribution is -0.176. The van der Waals surface area contributed by atoms with E-state index in [-0.39, 0.29) is 5.91 Å². The van der Waals surface area contributed by atoms with E-state index >= 15 is 0 Å². The smallest absolute Gasteiger partial charge is 0.324 e. The first kappa shape index (κ1) is 19.0. The van der Waals surface area contributed by atoms with Crippen LogP contribution in [0.25, 0.3) is 0 Å². The molecule has 0 saturated carbocycles. The minimum absolute atomic E-state index is 0.260. The number of nitrogens with zero attached hydrogens (tertiary/aromatic N) is 1. The highest BCUT2D eigenvalue weighted by molar-refractivity contribution is 6.17. The van der Waals surface area contributed by atoms with Crippen molar-refractivity contribution in [1.82, 2.24) is 0 Å². The first-order valence-electron chi connectivity index (χ1n) is 8.94. The molecule has 0 aromatic heterocycles. The Hall–Kier alpha value is -2.82. The summed E-state index contributed by atoms with van der Waals surface area (Å²) in [4.78, 5) is 27.7. The molecule has 1 aliphatic rings. The first-order chi connectivity index (χ1) is 12.7. The summed E-state index contributed by atoms with van der Waals surface area (Å²) in [7, 11) is 1.60. The van der Waals surface area contributed by atoms with E-state index in [1.807, 2.05) is 54.6 Å². The zero-order valence-electron chi connectivity index (χ0n) is 16.4. The van der Waals surface area contributed by atoms with E-state index in [9.17, 15) is 9.59 Å². The molecule has 3 rings (SSSR count).